The first kappa shape index (κ1) is 13.2. The molecule has 0 aromatic carbocycles. The molecule has 2 N–H and O–H groups in total. The number of hydrogen-bond donors (Lipinski definition) is 2. The average molecular weight is 239 g/mol. The Bertz CT molecular complexity index is 387. The standard InChI is InChI=1S/C11H17N3O3/c1-8-7-10(14-17-8)3-5-13-11(16)4-6-12-9(2)15/h7H,3-6H2,1-2H3,(H,12,15)(H,13,16). The Morgan fingerprint density at radius 3 is 2.71 bits per heavy atom. The molecule has 0 saturated heterocycles. The highest BCUT2D eigenvalue weighted by molar-refractivity contribution is 5.77. The number of amides is 2. The number of carbonyl (C=O) groups is 2. The number of carbonyl (C=O) groups excluding carboxylic acids is 2. The normalized spacial score (nSPS) is 10.0. The Morgan fingerprint density at radius 2 is 2.12 bits per heavy atom. The molecule has 1 heterocycles. The second kappa shape index (κ2) is 6.67. The molecule has 0 bridgehead atoms. The summed E-state index contributed by atoms with van der Waals surface area (Å²) in [6.45, 7) is 4.13. The lowest BCUT2D eigenvalue weighted by atomic mass is 10.3. The largest absolute Gasteiger partial charge is 0.361 e. The van der Waals surface area contributed by atoms with Crippen LogP contribution in [0.1, 0.15) is 24.8 Å². The zero-order valence-electron chi connectivity index (χ0n) is 10.1. The molecule has 6 heteroatoms. The summed E-state index contributed by atoms with van der Waals surface area (Å²) in [5.41, 5.74) is 0.824. The summed E-state index contributed by atoms with van der Waals surface area (Å²) in [6.07, 6.45) is 0.931. The van der Waals surface area contributed by atoms with Crippen LogP contribution in [0.2, 0.25) is 0 Å². The third-order valence-corrected chi connectivity index (χ3v) is 2.11. The Morgan fingerprint density at radius 1 is 1.35 bits per heavy atom. The summed E-state index contributed by atoms with van der Waals surface area (Å²) < 4.78 is 4.90. The Hall–Kier alpha value is -1.85. The number of nitrogens with zero attached hydrogens (tertiary/aromatic N) is 1. The molecule has 2 amide bonds. The lowest BCUT2D eigenvalue weighted by molar-refractivity contribution is -0.121. The maximum absolute atomic E-state index is 11.3. The van der Waals surface area contributed by atoms with Gasteiger partial charge in [0.25, 0.3) is 0 Å². The van der Waals surface area contributed by atoms with Crippen molar-refractivity contribution >= 4 is 11.8 Å². The monoisotopic (exact) mass is 239 g/mol. The predicted molar refractivity (Wildman–Crippen MR) is 61.3 cm³/mol. The van der Waals surface area contributed by atoms with Crippen LogP contribution in [0.3, 0.4) is 0 Å². The maximum atomic E-state index is 11.3. The van der Waals surface area contributed by atoms with E-state index in [9.17, 15) is 9.59 Å². The van der Waals surface area contributed by atoms with E-state index in [-0.39, 0.29) is 18.2 Å². The SMILES string of the molecule is CC(=O)NCCC(=O)NCCc1cc(C)on1. The first-order chi connectivity index (χ1) is 8.08. The van der Waals surface area contributed by atoms with E-state index in [4.69, 9.17) is 4.52 Å². The molecule has 17 heavy (non-hydrogen) atoms. The minimum atomic E-state index is -0.129. The number of aryl methyl sites for hydroxylation is 1. The summed E-state index contributed by atoms with van der Waals surface area (Å²) in [7, 11) is 0. The van der Waals surface area contributed by atoms with E-state index < -0.39 is 0 Å². The van der Waals surface area contributed by atoms with Crippen molar-refractivity contribution in [3.63, 3.8) is 0 Å². The molecule has 0 unspecified atom stereocenters. The smallest absolute Gasteiger partial charge is 0.221 e. The Balaban J connectivity index is 2.10. The Kier molecular flexibility index (Phi) is 5.19. The van der Waals surface area contributed by atoms with Crippen molar-refractivity contribution in [3.8, 4) is 0 Å². The first-order valence-corrected chi connectivity index (χ1v) is 5.51. The third-order valence-electron chi connectivity index (χ3n) is 2.11. The molecule has 6 nitrogen and oxygen atoms in total. The number of nitrogens with one attached hydrogen (secondary N) is 2. The van der Waals surface area contributed by atoms with Gasteiger partial charge in [0.05, 0.1) is 5.69 Å². The summed E-state index contributed by atoms with van der Waals surface area (Å²) in [4.78, 5) is 21.9. The highest BCUT2D eigenvalue weighted by atomic mass is 16.5. The minimum absolute atomic E-state index is 0.0843. The van der Waals surface area contributed by atoms with Gasteiger partial charge in [-0.25, -0.2) is 0 Å². The first-order valence-electron chi connectivity index (χ1n) is 5.51. The number of rotatable bonds is 6. The summed E-state index contributed by atoms with van der Waals surface area (Å²) >= 11 is 0. The molecule has 0 atom stereocenters. The van der Waals surface area contributed by atoms with Crippen LogP contribution in [0.5, 0.6) is 0 Å². The second-order valence-electron chi connectivity index (χ2n) is 3.76. The molecule has 0 radical (unpaired) electrons. The van der Waals surface area contributed by atoms with Crippen molar-refractivity contribution in [2.75, 3.05) is 13.1 Å². The van der Waals surface area contributed by atoms with Gasteiger partial charge < -0.3 is 15.2 Å². The van der Waals surface area contributed by atoms with Crippen molar-refractivity contribution in [2.24, 2.45) is 0 Å². The van der Waals surface area contributed by atoms with Gasteiger partial charge in [0.1, 0.15) is 5.76 Å². The maximum Gasteiger partial charge on any atom is 0.221 e. The molecular weight excluding hydrogens is 222 g/mol. The molecular formula is C11H17N3O3. The molecule has 94 valence electrons. The number of aromatic nitrogens is 1. The fraction of sp³-hybridized carbons (Fsp3) is 0.545. The van der Waals surface area contributed by atoms with Crippen LogP contribution in [0.25, 0.3) is 0 Å². The van der Waals surface area contributed by atoms with E-state index in [1.54, 1.807) is 0 Å². The van der Waals surface area contributed by atoms with Gasteiger partial charge in [-0.15, -0.1) is 0 Å². The van der Waals surface area contributed by atoms with Gasteiger partial charge >= 0.3 is 0 Å². The summed E-state index contributed by atoms with van der Waals surface area (Å²) in [5.74, 6) is 0.548. The van der Waals surface area contributed by atoms with Gasteiger partial charge in [-0.2, -0.15) is 0 Å². The van der Waals surface area contributed by atoms with Crippen LogP contribution in [0.4, 0.5) is 0 Å². The van der Waals surface area contributed by atoms with E-state index in [2.05, 4.69) is 15.8 Å². The second-order valence-corrected chi connectivity index (χ2v) is 3.76. The molecule has 1 rings (SSSR count). The molecule has 0 aliphatic rings. The number of hydrogen-bond acceptors (Lipinski definition) is 4. The molecule has 1 aromatic heterocycles. The van der Waals surface area contributed by atoms with Crippen molar-refractivity contribution in [1.82, 2.24) is 15.8 Å². The fourth-order valence-corrected chi connectivity index (χ4v) is 1.31. The highest BCUT2D eigenvalue weighted by Gasteiger charge is 2.03. The van der Waals surface area contributed by atoms with Crippen LogP contribution >= 0.6 is 0 Å². The van der Waals surface area contributed by atoms with Gasteiger partial charge in [0.15, 0.2) is 0 Å². The summed E-state index contributed by atoms with van der Waals surface area (Å²) in [5, 5.41) is 9.12. The lowest BCUT2D eigenvalue weighted by Gasteiger charge is -2.04. The van der Waals surface area contributed by atoms with Gasteiger partial charge in [0.2, 0.25) is 11.8 Å². The zero-order valence-corrected chi connectivity index (χ0v) is 10.1. The zero-order chi connectivity index (χ0) is 12.7. The molecule has 0 spiro atoms. The molecule has 0 aliphatic heterocycles. The quantitative estimate of drug-likeness (QED) is 0.741. The van der Waals surface area contributed by atoms with E-state index in [0.717, 1.165) is 11.5 Å². The van der Waals surface area contributed by atoms with Gasteiger partial charge in [-0.1, -0.05) is 5.16 Å². The van der Waals surface area contributed by atoms with Crippen LogP contribution in [0, 0.1) is 6.92 Å². The average Bonchev–Trinajstić information content (AvgIpc) is 2.63. The van der Waals surface area contributed by atoms with Gasteiger partial charge in [0, 0.05) is 38.9 Å². The van der Waals surface area contributed by atoms with Crippen LogP contribution in [-0.4, -0.2) is 30.1 Å². The third kappa shape index (κ3) is 5.70. The minimum Gasteiger partial charge on any atom is -0.361 e. The Labute approximate surface area is 99.7 Å². The topological polar surface area (TPSA) is 84.2 Å². The fourth-order valence-electron chi connectivity index (χ4n) is 1.31. The van der Waals surface area contributed by atoms with Crippen LogP contribution in [0.15, 0.2) is 10.6 Å². The van der Waals surface area contributed by atoms with Gasteiger partial charge in [-0.3, -0.25) is 9.59 Å². The molecule has 1 aromatic rings. The van der Waals surface area contributed by atoms with E-state index in [0.29, 0.717) is 19.5 Å². The molecule has 0 saturated carbocycles. The van der Waals surface area contributed by atoms with Crippen molar-refractivity contribution in [3.05, 3.63) is 17.5 Å². The van der Waals surface area contributed by atoms with Crippen molar-refractivity contribution < 1.29 is 14.1 Å². The van der Waals surface area contributed by atoms with Crippen LogP contribution < -0.4 is 10.6 Å². The van der Waals surface area contributed by atoms with E-state index >= 15 is 0 Å². The van der Waals surface area contributed by atoms with Crippen molar-refractivity contribution in [2.45, 2.75) is 26.7 Å². The highest BCUT2D eigenvalue weighted by Crippen LogP contribution is 2.01. The predicted octanol–water partition coefficient (Wildman–Crippen LogP) is 0.168. The van der Waals surface area contributed by atoms with Crippen LogP contribution in [-0.2, 0) is 16.0 Å². The van der Waals surface area contributed by atoms with E-state index in [1.807, 2.05) is 13.0 Å². The van der Waals surface area contributed by atoms with Crippen molar-refractivity contribution in [1.29, 1.82) is 0 Å². The van der Waals surface area contributed by atoms with E-state index in [1.165, 1.54) is 6.92 Å². The molecule has 0 fully saturated rings. The molecule has 0 aliphatic carbocycles. The lowest BCUT2D eigenvalue weighted by Crippen LogP contribution is -2.30. The summed E-state index contributed by atoms with van der Waals surface area (Å²) in [6, 6.07) is 1.84. The van der Waals surface area contributed by atoms with Gasteiger partial charge in [-0.05, 0) is 6.92 Å².